The number of para-hydroxylation sites is 1. The predicted octanol–water partition coefficient (Wildman–Crippen LogP) is 1.17. The molecule has 0 saturated carbocycles. The van der Waals surface area contributed by atoms with Crippen LogP contribution in [0.3, 0.4) is 0 Å². The molecule has 1 amide bonds. The van der Waals surface area contributed by atoms with Crippen LogP contribution in [0.1, 0.15) is 12.0 Å². The highest BCUT2D eigenvalue weighted by molar-refractivity contribution is 5.79. The van der Waals surface area contributed by atoms with E-state index >= 15 is 0 Å². The van der Waals surface area contributed by atoms with Gasteiger partial charge in [-0.2, -0.15) is 0 Å². The van der Waals surface area contributed by atoms with Crippen molar-refractivity contribution in [1.29, 1.82) is 0 Å². The van der Waals surface area contributed by atoms with E-state index in [-0.39, 0.29) is 25.3 Å². The van der Waals surface area contributed by atoms with Gasteiger partial charge in [-0.15, -0.1) is 0 Å². The van der Waals surface area contributed by atoms with E-state index in [2.05, 4.69) is 0 Å². The molecule has 0 unspecified atom stereocenters. The highest BCUT2D eigenvalue weighted by Crippen LogP contribution is 2.18. The van der Waals surface area contributed by atoms with Crippen LogP contribution in [0.2, 0.25) is 0 Å². The fraction of sp³-hybridized carbons (Fsp3) is 0.385. The van der Waals surface area contributed by atoms with Gasteiger partial charge in [0.15, 0.2) is 0 Å². The molecule has 0 heterocycles. The summed E-state index contributed by atoms with van der Waals surface area (Å²) in [4.78, 5) is 23.7. The van der Waals surface area contributed by atoms with Gasteiger partial charge >= 0.3 is 5.97 Å². The molecule has 0 aliphatic heterocycles. The van der Waals surface area contributed by atoms with Crippen molar-refractivity contribution in [3.63, 3.8) is 0 Å². The van der Waals surface area contributed by atoms with Gasteiger partial charge in [0, 0.05) is 19.2 Å². The molecule has 0 radical (unpaired) electrons. The lowest BCUT2D eigenvalue weighted by Gasteiger charge is -2.16. The van der Waals surface area contributed by atoms with Gasteiger partial charge in [0.25, 0.3) is 0 Å². The van der Waals surface area contributed by atoms with Gasteiger partial charge in [-0.1, -0.05) is 18.2 Å². The molecule has 0 atom stereocenters. The third-order valence-corrected chi connectivity index (χ3v) is 2.62. The second-order valence-electron chi connectivity index (χ2n) is 3.95. The maximum atomic E-state index is 11.9. The summed E-state index contributed by atoms with van der Waals surface area (Å²) in [6.07, 6.45) is 0.161. The number of aliphatic carboxylic acids is 1. The Morgan fingerprint density at radius 2 is 2.00 bits per heavy atom. The van der Waals surface area contributed by atoms with Crippen molar-refractivity contribution >= 4 is 11.9 Å². The number of ether oxygens (including phenoxy) is 1. The maximum absolute atomic E-state index is 11.9. The molecule has 0 aromatic heterocycles. The molecule has 0 bridgehead atoms. The summed E-state index contributed by atoms with van der Waals surface area (Å²) in [5.41, 5.74) is 0.798. The molecule has 0 saturated heterocycles. The minimum Gasteiger partial charge on any atom is -0.496 e. The Hall–Kier alpha value is -2.04. The number of hydrogen-bond donors (Lipinski definition) is 1. The monoisotopic (exact) mass is 251 g/mol. The highest BCUT2D eigenvalue weighted by Gasteiger charge is 2.13. The number of hydrogen-bond acceptors (Lipinski definition) is 3. The fourth-order valence-electron chi connectivity index (χ4n) is 1.53. The predicted molar refractivity (Wildman–Crippen MR) is 66.6 cm³/mol. The van der Waals surface area contributed by atoms with Crippen LogP contribution in [0.5, 0.6) is 5.75 Å². The molecule has 5 heteroatoms. The summed E-state index contributed by atoms with van der Waals surface area (Å²) >= 11 is 0. The maximum Gasteiger partial charge on any atom is 0.305 e. The summed E-state index contributed by atoms with van der Waals surface area (Å²) in [6.45, 7) is 0.212. The summed E-state index contributed by atoms with van der Waals surface area (Å²) in [6, 6.07) is 7.28. The minimum atomic E-state index is -0.910. The van der Waals surface area contributed by atoms with Gasteiger partial charge in [-0.25, -0.2) is 0 Å². The van der Waals surface area contributed by atoms with E-state index in [0.717, 1.165) is 5.56 Å². The largest absolute Gasteiger partial charge is 0.496 e. The van der Waals surface area contributed by atoms with E-state index in [1.54, 1.807) is 20.2 Å². The van der Waals surface area contributed by atoms with E-state index < -0.39 is 5.97 Å². The first-order valence-corrected chi connectivity index (χ1v) is 5.62. The quantitative estimate of drug-likeness (QED) is 0.824. The molecular formula is C13H17NO4. The summed E-state index contributed by atoms with van der Waals surface area (Å²) in [5.74, 6) is -0.370. The van der Waals surface area contributed by atoms with Crippen LogP contribution in [-0.4, -0.2) is 42.6 Å². The Morgan fingerprint density at radius 3 is 2.61 bits per heavy atom. The van der Waals surface area contributed by atoms with E-state index in [9.17, 15) is 9.59 Å². The molecule has 0 aliphatic rings. The SMILES string of the molecule is COc1ccccc1CC(=O)N(C)CCC(=O)O. The van der Waals surface area contributed by atoms with E-state index in [0.29, 0.717) is 5.75 Å². The van der Waals surface area contributed by atoms with Crippen LogP contribution >= 0.6 is 0 Å². The molecule has 0 aliphatic carbocycles. The number of methoxy groups -OCH3 is 1. The molecule has 1 N–H and O–H groups in total. The molecule has 0 fully saturated rings. The van der Waals surface area contributed by atoms with Gasteiger partial charge in [0.1, 0.15) is 5.75 Å². The standard InChI is InChI=1S/C13H17NO4/c1-14(8-7-13(16)17)12(15)9-10-5-3-4-6-11(10)18-2/h3-6H,7-9H2,1-2H3,(H,16,17). The Balaban J connectivity index is 2.60. The van der Waals surface area contributed by atoms with Gasteiger partial charge in [0.05, 0.1) is 20.0 Å². The number of carboxylic acids is 1. The number of carboxylic acid groups (broad SMARTS) is 1. The van der Waals surface area contributed by atoms with E-state index in [4.69, 9.17) is 9.84 Å². The number of carbonyl (C=O) groups excluding carboxylic acids is 1. The van der Waals surface area contributed by atoms with Crippen molar-refractivity contribution in [2.75, 3.05) is 20.7 Å². The first-order valence-electron chi connectivity index (χ1n) is 5.62. The van der Waals surface area contributed by atoms with Gasteiger partial charge < -0.3 is 14.7 Å². The lowest BCUT2D eigenvalue weighted by Crippen LogP contribution is -2.30. The molecule has 1 aromatic rings. The molecule has 18 heavy (non-hydrogen) atoms. The molecule has 0 spiro atoms. The van der Waals surface area contributed by atoms with Crippen LogP contribution in [0.4, 0.5) is 0 Å². The van der Waals surface area contributed by atoms with Crippen molar-refractivity contribution in [3.05, 3.63) is 29.8 Å². The Kier molecular flexibility index (Phi) is 5.17. The zero-order valence-electron chi connectivity index (χ0n) is 10.5. The van der Waals surface area contributed by atoms with Crippen molar-refractivity contribution < 1.29 is 19.4 Å². The number of benzene rings is 1. The first kappa shape index (κ1) is 14.0. The molecule has 1 rings (SSSR count). The highest BCUT2D eigenvalue weighted by atomic mass is 16.5. The lowest BCUT2D eigenvalue weighted by molar-refractivity contribution is -0.138. The Bertz CT molecular complexity index is 431. The third-order valence-electron chi connectivity index (χ3n) is 2.62. The fourth-order valence-corrected chi connectivity index (χ4v) is 1.53. The zero-order chi connectivity index (χ0) is 13.5. The Labute approximate surface area is 106 Å². The molecule has 98 valence electrons. The average Bonchev–Trinajstić information content (AvgIpc) is 2.36. The molecule has 5 nitrogen and oxygen atoms in total. The van der Waals surface area contributed by atoms with Crippen LogP contribution in [0.15, 0.2) is 24.3 Å². The first-order chi connectivity index (χ1) is 8.54. The molecule has 1 aromatic carbocycles. The topological polar surface area (TPSA) is 66.8 Å². The van der Waals surface area contributed by atoms with Gasteiger partial charge in [0.2, 0.25) is 5.91 Å². The van der Waals surface area contributed by atoms with E-state index in [1.165, 1.54) is 4.90 Å². The van der Waals surface area contributed by atoms with Crippen molar-refractivity contribution in [3.8, 4) is 5.75 Å². The van der Waals surface area contributed by atoms with Crippen molar-refractivity contribution in [2.45, 2.75) is 12.8 Å². The van der Waals surface area contributed by atoms with Crippen LogP contribution in [0, 0.1) is 0 Å². The summed E-state index contributed by atoms with van der Waals surface area (Å²) in [7, 11) is 3.15. The van der Waals surface area contributed by atoms with Crippen LogP contribution < -0.4 is 4.74 Å². The minimum absolute atomic E-state index is 0.0475. The van der Waals surface area contributed by atoms with Crippen molar-refractivity contribution in [1.82, 2.24) is 4.90 Å². The average molecular weight is 251 g/mol. The number of nitrogens with zero attached hydrogens (tertiary/aromatic N) is 1. The number of amides is 1. The van der Waals surface area contributed by atoms with Crippen molar-refractivity contribution in [2.24, 2.45) is 0 Å². The summed E-state index contributed by atoms with van der Waals surface area (Å²) < 4.78 is 5.16. The smallest absolute Gasteiger partial charge is 0.305 e. The second-order valence-corrected chi connectivity index (χ2v) is 3.95. The second kappa shape index (κ2) is 6.64. The molecular weight excluding hydrogens is 234 g/mol. The van der Waals surface area contributed by atoms with Crippen LogP contribution in [-0.2, 0) is 16.0 Å². The zero-order valence-corrected chi connectivity index (χ0v) is 10.5. The van der Waals surface area contributed by atoms with Gasteiger partial charge in [-0.05, 0) is 6.07 Å². The van der Waals surface area contributed by atoms with Crippen LogP contribution in [0.25, 0.3) is 0 Å². The third kappa shape index (κ3) is 4.08. The van der Waals surface area contributed by atoms with E-state index in [1.807, 2.05) is 18.2 Å². The Morgan fingerprint density at radius 1 is 1.33 bits per heavy atom. The number of likely N-dealkylation sites (N-methyl/N-ethyl adjacent to an activating group) is 1. The summed E-state index contributed by atoms with van der Waals surface area (Å²) in [5, 5.41) is 8.56. The van der Waals surface area contributed by atoms with Gasteiger partial charge in [-0.3, -0.25) is 9.59 Å². The normalized spacial score (nSPS) is 9.89. The number of carbonyl (C=O) groups is 2. The number of rotatable bonds is 6. The lowest BCUT2D eigenvalue weighted by atomic mass is 10.1.